The number of hydrogen-bond donors (Lipinski definition) is 0. The van der Waals surface area contributed by atoms with Crippen LogP contribution in [0.25, 0.3) is 0 Å². The van der Waals surface area contributed by atoms with E-state index in [1.54, 1.807) is 48.4 Å². The minimum atomic E-state index is -3.28. The van der Waals surface area contributed by atoms with E-state index < -0.39 is 15.1 Å². The topological polar surface area (TPSA) is 76.8 Å². The second-order valence-corrected chi connectivity index (χ2v) is 8.39. The van der Waals surface area contributed by atoms with Gasteiger partial charge in [0, 0.05) is 18.7 Å². The number of methoxy groups -OCH3 is 1. The lowest BCUT2D eigenvalue weighted by Gasteiger charge is -2.31. The highest BCUT2D eigenvalue weighted by atomic mass is 32.2. The zero-order chi connectivity index (χ0) is 17.9. The molecule has 1 fully saturated rings. The van der Waals surface area contributed by atoms with Crippen LogP contribution in [0.15, 0.2) is 47.1 Å². The molecule has 0 spiro atoms. The third-order valence-corrected chi connectivity index (χ3v) is 6.65. The van der Waals surface area contributed by atoms with E-state index in [-0.39, 0.29) is 11.7 Å². The Balaban J connectivity index is 1.62. The Bertz CT molecular complexity index is 821. The summed E-state index contributed by atoms with van der Waals surface area (Å²) in [5, 5.41) is -0.438. The molecule has 134 valence electrons. The summed E-state index contributed by atoms with van der Waals surface area (Å²) in [4.78, 5) is 14.3. The van der Waals surface area contributed by atoms with Crippen LogP contribution in [0, 0.1) is 0 Å². The number of amides is 1. The number of rotatable bonds is 5. The van der Waals surface area contributed by atoms with E-state index in [1.807, 2.05) is 0 Å². The highest BCUT2D eigenvalue weighted by Gasteiger charge is 2.32. The van der Waals surface area contributed by atoms with Gasteiger partial charge in [0.25, 0.3) is 5.91 Å². The number of furan rings is 1. The molecule has 0 aliphatic carbocycles. The lowest BCUT2D eigenvalue weighted by Crippen LogP contribution is -2.42. The largest absolute Gasteiger partial charge is 0.497 e. The molecule has 1 aromatic heterocycles. The first-order chi connectivity index (χ1) is 12.0. The first-order valence-electron chi connectivity index (χ1n) is 8.17. The number of ether oxygens (including phenoxy) is 1. The summed E-state index contributed by atoms with van der Waals surface area (Å²) >= 11 is 0. The Hall–Kier alpha value is -2.28. The Morgan fingerprint density at radius 1 is 1.24 bits per heavy atom. The molecule has 25 heavy (non-hydrogen) atoms. The van der Waals surface area contributed by atoms with Crippen molar-refractivity contribution in [1.82, 2.24) is 4.90 Å². The molecule has 0 bridgehead atoms. The van der Waals surface area contributed by atoms with Crippen molar-refractivity contribution < 1.29 is 22.4 Å². The number of carbonyl (C=O) groups is 1. The number of nitrogens with zero attached hydrogens (tertiary/aromatic N) is 1. The van der Waals surface area contributed by atoms with Crippen LogP contribution in [0.4, 0.5) is 0 Å². The summed E-state index contributed by atoms with van der Waals surface area (Å²) in [6.45, 7) is 0.857. The van der Waals surface area contributed by atoms with Gasteiger partial charge in [0.1, 0.15) is 17.3 Å². The standard InChI is InChI=1S/C18H21NO5S/c1-23-15-5-2-4-14(12-15)18(20)19-9-7-17(8-10-19)25(21,22)13-16-6-3-11-24-16/h2-6,11-12,17H,7-10,13H2,1H3. The van der Waals surface area contributed by atoms with Crippen LogP contribution in [-0.4, -0.2) is 44.7 Å². The Morgan fingerprint density at radius 3 is 2.64 bits per heavy atom. The van der Waals surface area contributed by atoms with Gasteiger partial charge in [-0.25, -0.2) is 8.42 Å². The molecule has 0 unspecified atom stereocenters. The molecule has 1 aromatic carbocycles. The van der Waals surface area contributed by atoms with Gasteiger partial charge in [-0.15, -0.1) is 0 Å². The van der Waals surface area contributed by atoms with Crippen LogP contribution < -0.4 is 4.74 Å². The van der Waals surface area contributed by atoms with Gasteiger partial charge in [-0.1, -0.05) is 6.07 Å². The lowest BCUT2D eigenvalue weighted by atomic mass is 10.1. The van der Waals surface area contributed by atoms with Crippen molar-refractivity contribution in [1.29, 1.82) is 0 Å². The van der Waals surface area contributed by atoms with E-state index in [1.165, 1.54) is 6.26 Å². The Kier molecular flexibility index (Phi) is 5.13. The van der Waals surface area contributed by atoms with E-state index in [2.05, 4.69) is 0 Å². The van der Waals surface area contributed by atoms with Gasteiger partial charge in [0.15, 0.2) is 9.84 Å². The van der Waals surface area contributed by atoms with Crippen LogP contribution >= 0.6 is 0 Å². The number of carbonyl (C=O) groups excluding carboxylic acids is 1. The fraction of sp³-hybridized carbons (Fsp3) is 0.389. The van der Waals surface area contributed by atoms with Gasteiger partial charge in [0.05, 0.1) is 18.6 Å². The van der Waals surface area contributed by atoms with E-state index in [0.717, 1.165) is 0 Å². The van der Waals surface area contributed by atoms with Crippen LogP contribution in [0.1, 0.15) is 29.0 Å². The van der Waals surface area contributed by atoms with Crippen LogP contribution in [0.5, 0.6) is 5.75 Å². The van der Waals surface area contributed by atoms with Crippen molar-refractivity contribution in [3.8, 4) is 5.75 Å². The van der Waals surface area contributed by atoms with Gasteiger partial charge in [-0.3, -0.25) is 4.79 Å². The van der Waals surface area contributed by atoms with Crippen molar-refractivity contribution >= 4 is 15.7 Å². The zero-order valence-corrected chi connectivity index (χ0v) is 14.9. The monoisotopic (exact) mass is 363 g/mol. The van der Waals surface area contributed by atoms with Crippen LogP contribution in [0.2, 0.25) is 0 Å². The van der Waals surface area contributed by atoms with Crippen molar-refractivity contribution in [2.45, 2.75) is 23.8 Å². The maximum absolute atomic E-state index is 12.6. The first-order valence-corrected chi connectivity index (χ1v) is 9.88. The van der Waals surface area contributed by atoms with E-state index >= 15 is 0 Å². The van der Waals surface area contributed by atoms with Gasteiger partial charge in [-0.05, 0) is 43.2 Å². The number of benzene rings is 1. The van der Waals surface area contributed by atoms with Crippen molar-refractivity contribution in [3.63, 3.8) is 0 Å². The molecule has 7 heteroatoms. The summed E-state index contributed by atoms with van der Waals surface area (Å²) in [5.74, 6) is 0.895. The van der Waals surface area contributed by atoms with Crippen molar-refractivity contribution in [3.05, 3.63) is 54.0 Å². The van der Waals surface area contributed by atoms with Crippen molar-refractivity contribution in [2.24, 2.45) is 0 Å². The Morgan fingerprint density at radius 2 is 2.00 bits per heavy atom. The predicted molar refractivity (Wildman–Crippen MR) is 93.3 cm³/mol. The fourth-order valence-corrected chi connectivity index (χ4v) is 4.79. The average Bonchev–Trinajstić information content (AvgIpc) is 3.13. The SMILES string of the molecule is COc1cccc(C(=O)N2CCC(S(=O)(=O)Cc3ccco3)CC2)c1. The molecule has 2 heterocycles. The second-order valence-electron chi connectivity index (χ2n) is 6.11. The van der Waals surface area contributed by atoms with E-state index in [0.29, 0.717) is 43.0 Å². The van der Waals surface area contributed by atoms with Gasteiger partial charge < -0.3 is 14.1 Å². The lowest BCUT2D eigenvalue weighted by molar-refractivity contribution is 0.0725. The normalized spacial score (nSPS) is 16.0. The molecule has 1 aliphatic rings. The highest BCUT2D eigenvalue weighted by molar-refractivity contribution is 7.91. The first kappa shape index (κ1) is 17.5. The number of hydrogen-bond acceptors (Lipinski definition) is 5. The van der Waals surface area contributed by atoms with Crippen molar-refractivity contribution in [2.75, 3.05) is 20.2 Å². The number of sulfone groups is 1. The number of piperidine rings is 1. The predicted octanol–water partition coefficient (Wildman–Crippen LogP) is 2.51. The molecule has 3 rings (SSSR count). The molecule has 1 amide bonds. The van der Waals surface area contributed by atoms with Gasteiger partial charge in [0.2, 0.25) is 0 Å². The minimum absolute atomic E-state index is 0.0888. The Labute approximate surface area is 147 Å². The average molecular weight is 363 g/mol. The zero-order valence-electron chi connectivity index (χ0n) is 14.1. The molecular weight excluding hydrogens is 342 g/mol. The second kappa shape index (κ2) is 7.31. The minimum Gasteiger partial charge on any atom is -0.497 e. The van der Waals surface area contributed by atoms with Gasteiger partial charge >= 0.3 is 0 Å². The summed E-state index contributed by atoms with van der Waals surface area (Å²) in [7, 11) is -1.73. The fourth-order valence-electron chi connectivity index (χ4n) is 3.07. The summed E-state index contributed by atoms with van der Waals surface area (Å²) in [5.41, 5.74) is 0.552. The summed E-state index contributed by atoms with van der Waals surface area (Å²) in [6.07, 6.45) is 2.36. The number of likely N-dealkylation sites (tertiary alicyclic amines) is 1. The van der Waals surface area contributed by atoms with E-state index in [4.69, 9.17) is 9.15 Å². The summed E-state index contributed by atoms with van der Waals surface area (Å²) in [6, 6.07) is 10.3. The molecule has 2 aromatic rings. The highest BCUT2D eigenvalue weighted by Crippen LogP contribution is 2.23. The molecular formula is C18H21NO5S. The quantitative estimate of drug-likeness (QED) is 0.816. The molecule has 1 saturated heterocycles. The molecule has 0 atom stereocenters. The molecule has 1 aliphatic heterocycles. The smallest absolute Gasteiger partial charge is 0.253 e. The third kappa shape index (κ3) is 4.04. The maximum atomic E-state index is 12.6. The molecule has 0 saturated carbocycles. The summed E-state index contributed by atoms with van der Waals surface area (Å²) < 4.78 is 35.3. The maximum Gasteiger partial charge on any atom is 0.253 e. The molecule has 0 N–H and O–H groups in total. The van der Waals surface area contributed by atoms with Gasteiger partial charge in [-0.2, -0.15) is 0 Å². The van der Waals surface area contributed by atoms with Crippen LogP contribution in [-0.2, 0) is 15.6 Å². The van der Waals surface area contributed by atoms with Crippen LogP contribution in [0.3, 0.4) is 0 Å². The molecule has 0 radical (unpaired) electrons. The molecule has 6 nitrogen and oxygen atoms in total. The van der Waals surface area contributed by atoms with E-state index in [9.17, 15) is 13.2 Å². The third-order valence-electron chi connectivity index (χ3n) is 4.48.